The van der Waals surface area contributed by atoms with Crippen LogP contribution < -0.4 is 0 Å². The molecule has 50 heavy (non-hydrogen) atoms. The molecule has 0 amide bonds. The van der Waals surface area contributed by atoms with Crippen LogP contribution in [-0.4, -0.2) is 15.0 Å². The molecule has 0 unspecified atom stereocenters. The monoisotopic (exact) mass is 641 g/mol. The van der Waals surface area contributed by atoms with Crippen molar-refractivity contribution in [2.75, 3.05) is 0 Å². The van der Waals surface area contributed by atoms with Gasteiger partial charge in [-0.25, -0.2) is 15.0 Å². The molecule has 4 heteroatoms. The van der Waals surface area contributed by atoms with Crippen molar-refractivity contribution >= 4 is 21.9 Å². The van der Waals surface area contributed by atoms with Crippen molar-refractivity contribution in [2.45, 2.75) is 5.41 Å². The van der Waals surface area contributed by atoms with Crippen LogP contribution >= 0.6 is 0 Å². The van der Waals surface area contributed by atoms with Gasteiger partial charge in [0.1, 0.15) is 11.2 Å². The summed E-state index contributed by atoms with van der Waals surface area (Å²) in [7, 11) is 0. The molecule has 9 rings (SSSR count). The third-order valence-corrected chi connectivity index (χ3v) is 9.46. The highest BCUT2D eigenvalue weighted by Gasteiger charge is 2.41. The highest BCUT2D eigenvalue weighted by Crippen LogP contribution is 2.50. The van der Waals surface area contributed by atoms with E-state index in [9.17, 15) is 0 Å². The molecule has 0 fully saturated rings. The lowest BCUT2D eigenvalue weighted by molar-refractivity contribution is 0.667. The summed E-state index contributed by atoms with van der Waals surface area (Å²) in [4.78, 5) is 15.2. The minimum absolute atomic E-state index is 0.574. The quantitative estimate of drug-likeness (QED) is 0.163. The van der Waals surface area contributed by atoms with Crippen LogP contribution in [0.1, 0.15) is 22.3 Å². The summed E-state index contributed by atoms with van der Waals surface area (Å²) in [5.74, 6) is 1.80. The molecule has 0 saturated heterocycles. The van der Waals surface area contributed by atoms with Crippen LogP contribution in [0.25, 0.3) is 56.1 Å². The van der Waals surface area contributed by atoms with Crippen LogP contribution in [0.4, 0.5) is 0 Å². The number of fused-ring (bicyclic) bond motifs is 3. The molecule has 0 atom stereocenters. The molecule has 236 valence electrons. The van der Waals surface area contributed by atoms with Gasteiger partial charge in [0, 0.05) is 27.5 Å². The summed E-state index contributed by atoms with van der Waals surface area (Å²) in [6.45, 7) is 0. The molecule has 0 saturated carbocycles. The first-order valence-corrected chi connectivity index (χ1v) is 16.8. The molecule has 0 radical (unpaired) electrons. The minimum Gasteiger partial charge on any atom is -0.456 e. The summed E-state index contributed by atoms with van der Waals surface area (Å²) in [5.41, 5.74) is 8.09. The second-order valence-corrected chi connectivity index (χ2v) is 12.4. The van der Waals surface area contributed by atoms with Crippen molar-refractivity contribution in [3.8, 4) is 34.2 Å². The Morgan fingerprint density at radius 2 is 0.760 bits per heavy atom. The number of hydrogen-bond acceptors (Lipinski definition) is 4. The van der Waals surface area contributed by atoms with Gasteiger partial charge in [0.05, 0.1) is 5.41 Å². The maximum absolute atomic E-state index is 6.72. The van der Waals surface area contributed by atoms with Gasteiger partial charge < -0.3 is 4.42 Å². The molecule has 0 aliphatic heterocycles. The first kappa shape index (κ1) is 29.5. The van der Waals surface area contributed by atoms with E-state index < -0.39 is 5.41 Å². The summed E-state index contributed by atoms with van der Waals surface area (Å²) in [6, 6.07) is 65.1. The summed E-state index contributed by atoms with van der Waals surface area (Å²) < 4.78 is 6.72. The summed E-state index contributed by atoms with van der Waals surface area (Å²) in [6.07, 6.45) is 0. The molecular formula is C46H31N3O. The van der Waals surface area contributed by atoms with E-state index in [4.69, 9.17) is 19.4 Å². The maximum Gasteiger partial charge on any atom is 0.164 e. The predicted octanol–water partition coefficient (Wildman–Crippen LogP) is 11.2. The molecule has 7 aromatic carbocycles. The largest absolute Gasteiger partial charge is 0.456 e. The summed E-state index contributed by atoms with van der Waals surface area (Å²) >= 11 is 0. The molecule has 0 bridgehead atoms. The van der Waals surface area contributed by atoms with E-state index in [1.54, 1.807) is 0 Å². The second-order valence-electron chi connectivity index (χ2n) is 12.4. The number of para-hydroxylation sites is 1. The number of furan rings is 1. The molecule has 9 aromatic rings. The fourth-order valence-corrected chi connectivity index (χ4v) is 7.25. The first-order chi connectivity index (χ1) is 24.8. The van der Waals surface area contributed by atoms with Crippen LogP contribution in [0.15, 0.2) is 192 Å². The van der Waals surface area contributed by atoms with Crippen molar-refractivity contribution in [3.05, 3.63) is 210 Å². The zero-order chi connectivity index (χ0) is 33.3. The number of aromatic nitrogens is 3. The molecule has 0 aliphatic rings. The Morgan fingerprint density at radius 3 is 1.24 bits per heavy atom. The SMILES string of the molecule is c1ccc(-c2nc(-c3ccccc3)nc(-c3cc(C(c4ccccc4)(c4ccccc4)c4ccccc4)c4c(c3)oc3ccccc34)n2)cc1. The van der Waals surface area contributed by atoms with Gasteiger partial charge in [0.15, 0.2) is 17.5 Å². The van der Waals surface area contributed by atoms with Crippen molar-refractivity contribution in [1.29, 1.82) is 0 Å². The number of benzene rings is 7. The fraction of sp³-hybridized carbons (Fsp3) is 0.0217. The Bertz CT molecular complexity index is 2410. The Morgan fingerprint density at radius 1 is 0.360 bits per heavy atom. The number of hydrogen-bond donors (Lipinski definition) is 0. The van der Waals surface area contributed by atoms with Crippen LogP contribution in [0, 0.1) is 0 Å². The van der Waals surface area contributed by atoms with Crippen molar-refractivity contribution in [1.82, 2.24) is 15.0 Å². The van der Waals surface area contributed by atoms with E-state index in [0.717, 1.165) is 60.9 Å². The van der Waals surface area contributed by atoms with Gasteiger partial charge in [-0.2, -0.15) is 0 Å². The lowest BCUT2D eigenvalue weighted by Gasteiger charge is -2.37. The van der Waals surface area contributed by atoms with E-state index in [1.807, 2.05) is 72.8 Å². The average Bonchev–Trinajstić information content (AvgIpc) is 3.59. The van der Waals surface area contributed by atoms with Gasteiger partial charge >= 0.3 is 0 Å². The Hall–Kier alpha value is -6.65. The second kappa shape index (κ2) is 12.4. The van der Waals surface area contributed by atoms with E-state index in [-0.39, 0.29) is 0 Å². The maximum atomic E-state index is 6.72. The molecular weight excluding hydrogens is 611 g/mol. The number of nitrogens with zero attached hydrogens (tertiary/aromatic N) is 3. The van der Waals surface area contributed by atoms with Crippen molar-refractivity contribution in [2.24, 2.45) is 0 Å². The van der Waals surface area contributed by atoms with Gasteiger partial charge in [-0.3, -0.25) is 0 Å². The third kappa shape index (κ3) is 4.97. The highest BCUT2D eigenvalue weighted by atomic mass is 16.3. The van der Waals surface area contributed by atoms with Gasteiger partial charge in [0.2, 0.25) is 0 Å². The third-order valence-electron chi connectivity index (χ3n) is 9.46. The van der Waals surface area contributed by atoms with Crippen LogP contribution in [0.2, 0.25) is 0 Å². The van der Waals surface area contributed by atoms with Crippen LogP contribution in [-0.2, 0) is 5.41 Å². The van der Waals surface area contributed by atoms with Gasteiger partial charge in [0.25, 0.3) is 0 Å². The average molecular weight is 642 g/mol. The van der Waals surface area contributed by atoms with Gasteiger partial charge in [-0.15, -0.1) is 0 Å². The Kier molecular flexibility index (Phi) is 7.33. The molecule has 0 aliphatic carbocycles. The van der Waals surface area contributed by atoms with E-state index >= 15 is 0 Å². The lowest BCUT2D eigenvalue weighted by Crippen LogP contribution is -2.31. The number of rotatable bonds is 7. The normalized spacial score (nSPS) is 11.6. The fourth-order valence-electron chi connectivity index (χ4n) is 7.25. The standard InChI is InChI=1S/C46H31N3O/c1-6-18-32(19-7-1)43-47-44(33-20-8-2-9-21-33)49-45(48-43)34-30-39(42-38-28-16-17-29-40(38)50-41(42)31-34)46(35-22-10-3-11-23-35,36-24-12-4-13-25-36)37-26-14-5-15-27-37/h1-31H. The Labute approximate surface area is 290 Å². The van der Waals surface area contributed by atoms with E-state index in [2.05, 4.69) is 115 Å². The molecule has 2 heterocycles. The topological polar surface area (TPSA) is 51.8 Å². The van der Waals surface area contributed by atoms with E-state index in [0.29, 0.717) is 17.5 Å². The molecule has 4 nitrogen and oxygen atoms in total. The lowest BCUT2D eigenvalue weighted by atomic mass is 9.64. The van der Waals surface area contributed by atoms with E-state index in [1.165, 1.54) is 0 Å². The smallest absolute Gasteiger partial charge is 0.164 e. The summed E-state index contributed by atoms with van der Waals surface area (Å²) in [5, 5.41) is 2.11. The first-order valence-electron chi connectivity index (χ1n) is 16.8. The molecule has 0 N–H and O–H groups in total. The van der Waals surface area contributed by atoms with Gasteiger partial charge in [-0.1, -0.05) is 170 Å². The van der Waals surface area contributed by atoms with Crippen LogP contribution in [0.5, 0.6) is 0 Å². The highest BCUT2D eigenvalue weighted by molar-refractivity contribution is 6.09. The van der Waals surface area contributed by atoms with Gasteiger partial charge in [-0.05, 0) is 40.5 Å². The van der Waals surface area contributed by atoms with Crippen molar-refractivity contribution < 1.29 is 4.42 Å². The Balaban J connectivity index is 1.43. The molecule has 0 spiro atoms. The van der Waals surface area contributed by atoms with Crippen molar-refractivity contribution in [3.63, 3.8) is 0 Å². The minimum atomic E-state index is -0.720. The van der Waals surface area contributed by atoms with Crippen LogP contribution in [0.3, 0.4) is 0 Å². The zero-order valence-electron chi connectivity index (χ0n) is 27.1. The zero-order valence-corrected chi connectivity index (χ0v) is 27.1. The predicted molar refractivity (Wildman–Crippen MR) is 202 cm³/mol. The molecule has 2 aromatic heterocycles.